The number of carbonyl (C=O) groups is 1. The first-order chi connectivity index (χ1) is 8.00. The van der Waals surface area contributed by atoms with Crippen molar-refractivity contribution in [2.45, 2.75) is 19.4 Å². The Labute approximate surface area is 103 Å². The highest BCUT2D eigenvalue weighted by Gasteiger charge is 2.24. The van der Waals surface area contributed by atoms with Crippen LogP contribution < -0.4 is 15.2 Å². The van der Waals surface area contributed by atoms with Gasteiger partial charge in [-0.25, -0.2) is 0 Å². The highest BCUT2D eigenvalue weighted by atomic mass is 35.5. The van der Waals surface area contributed by atoms with E-state index in [1.807, 2.05) is 0 Å². The lowest BCUT2D eigenvalue weighted by molar-refractivity contribution is -0.137. The van der Waals surface area contributed by atoms with Gasteiger partial charge in [-0.05, 0) is 24.1 Å². The Hall–Kier alpha value is -1.46. The Morgan fingerprint density at radius 3 is 3.00 bits per heavy atom. The van der Waals surface area contributed by atoms with Gasteiger partial charge in [0.05, 0.1) is 11.4 Å². The monoisotopic (exact) mass is 257 g/mol. The highest BCUT2D eigenvalue weighted by molar-refractivity contribution is 6.33. The summed E-state index contributed by atoms with van der Waals surface area (Å²) in [5.41, 5.74) is 7.22. The fourth-order valence-corrected chi connectivity index (χ4v) is 2.05. The normalized spacial score (nSPS) is 14.8. The molecule has 3 N–H and O–H groups in total. The van der Waals surface area contributed by atoms with Crippen molar-refractivity contribution in [3.8, 4) is 11.5 Å². The maximum Gasteiger partial charge on any atom is 0.305 e. The molecule has 0 spiro atoms. The highest BCUT2D eigenvalue weighted by Crippen LogP contribution is 2.43. The predicted octanol–water partition coefficient (Wildman–Crippen LogP) is 1.85. The summed E-state index contributed by atoms with van der Waals surface area (Å²) in [6.07, 6.45) is -0.156. The summed E-state index contributed by atoms with van der Waals surface area (Å²) >= 11 is 6.12. The van der Waals surface area contributed by atoms with Crippen molar-refractivity contribution >= 4 is 17.6 Å². The van der Waals surface area contributed by atoms with Crippen LogP contribution in [0.3, 0.4) is 0 Å². The van der Waals surface area contributed by atoms with Gasteiger partial charge in [-0.3, -0.25) is 4.79 Å². The molecule has 1 unspecified atom stereocenters. The van der Waals surface area contributed by atoms with E-state index in [1.54, 1.807) is 13.0 Å². The summed E-state index contributed by atoms with van der Waals surface area (Å²) in [6.45, 7) is 1.90. The molecule has 17 heavy (non-hydrogen) atoms. The van der Waals surface area contributed by atoms with E-state index in [0.717, 1.165) is 5.56 Å². The maximum absolute atomic E-state index is 10.6. The van der Waals surface area contributed by atoms with Crippen LogP contribution in [-0.2, 0) is 4.79 Å². The largest absolute Gasteiger partial charge is 0.481 e. The Kier molecular flexibility index (Phi) is 3.13. The first kappa shape index (κ1) is 12.0. The summed E-state index contributed by atoms with van der Waals surface area (Å²) in [6, 6.07) is 1.08. The average molecular weight is 258 g/mol. The van der Waals surface area contributed by atoms with Crippen LogP contribution in [0.2, 0.25) is 5.02 Å². The molecule has 0 saturated heterocycles. The molecule has 0 aromatic heterocycles. The third kappa shape index (κ3) is 2.16. The molecular formula is C11H12ClNO4. The quantitative estimate of drug-likeness (QED) is 0.864. The van der Waals surface area contributed by atoms with Gasteiger partial charge in [0, 0.05) is 6.04 Å². The van der Waals surface area contributed by atoms with E-state index in [-0.39, 0.29) is 13.2 Å². The SMILES string of the molecule is Cc1c(C(N)CC(=O)O)cc2c(c1Cl)OCO2. The number of hydrogen-bond acceptors (Lipinski definition) is 4. The minimum Gasteiger partial charge on any atom is -0.481 e. The summed E-state index contributed by atoms with van der Waals surface area (Å²) in [5.74, 6) is 0.0533. The molecule has 0 fully saturated rings. The zero-order valence-electron chi connectivity index (χ0n) is 9.20. The van der Waals surface area contributed by atoms with E-state index in [9.17, 15) is 4.79 Å². The Morgan fingerprint density at radius 2 is 2.35 bits per heavy atom. The van der Waals surface area contributed by atoms with Crippen molar-refractivity contribution in [3.63, 3.8) is 0 Å². The second kappa shape index (κ2) is 4.43. The molecule has 1 aromatic carbocycles. The molecule has 2 rings (SSSR count). The summed E-state index contributed by atoms with van der Waals surface area (Å²) in [4.78, 5) is 10.6. The van der Waals surface area contributed by atoms with Crippen LogP contribution in [0.25, 0.3) is 0 Å². The molecule has 1 heterocycles. The second-order valence-corrected chi connectivity index (χ2v) is 4.22. The van der Waals surface area contributed by atoms with Crippen molar-refractivity contribution in [1.29, 1.82) is 0 Å². The van der Waals surface area contributed by atoms with Crippen molar-refractivity contribution in [2.75, 3.05) is 6.79 Å². The number of aliphatic carboxylic acids is 1. The van der Waals surface area contributed by atoms with Crippen LogP contribution in [0.5, 0.6) is 11.5 Å². The minimum atomic E-state index is -0.953. The smallest absolute Gasteiger partial charge is 0.305 e. The molecule has 1 aliphatic heterocycles. The lowest BCUT2D eigenvalue weighted by Crippen LogP contribution is -2.16. The zero-order chi connectivity index (χ0) is 12.6. The average Bonchev–Trinajstić information content (AvgIpc) is 2.70. The van der Waals surface area contributed by atoms with Gasteiger partial charge >= 0.3 is 5.97 Å². The number of nitrogens with two attached hydrogens (primary N) is 1. The van der Waals surface area contributed by atoms with Gasteiger partial charge in [0.2, 0.25) is 6.79 Å². The van der Waals surface area contributed by atoms with Crippen molar-refractivity contribution in [2.24, 2.45) is 5.73 Å². The van der Waals surface area contributed by atoms with Crippen LogP contribution >= 0.6 is 11.6 Å². The number of hydrogen-bond donors (Lipinski definition) is 2. The lowest BCUT2D eigenvalue weighted by Gasteiger charge is -2.15. The second-order valence-electron chi connectivity index (χ2n) is 3.84. The van der Waals surface area contributed by atoms with Gasteiger partial charge in [0.1, 0.15) is 0 Å². The topological polar surface area (TPSA) is 81.8 Å². The summed E-state index contributed by atoms with van der Waals surface area (Å²) < 4.78 is 10.4. The fraction of sp³-hybridized carbons (Fsp3) is 0.364. The van der Waals surface area contributed by atoms with Crippen molar-refractivity contribution < 1.29 is 19.4 Å². The first-order valence-electron chi connectivity index (χ1n) is 5.06. The molecule has 0 saturated carbocycles. The van der Waals surface area contributed by atoms with Gasteiger partial charge in [-0.2, -0.15) is 0 Å². The molecule has 1 aliphatic rings. The van der Waals surface area contributed by atoms with Gasteiger partial charge < -0.3 is 20.3 Å². The molecule has 1 atom stereocenters. The van der Waals surface area contributed by atoms with E-state index in [2.05, 4.69) is 0 Å². The van der Waals surface area contributed by atoms with Crippen molar-refractivity contribution in [1.82, 2.24) is 0 Å². The number of rotatable bonds is 3. The minimum absolute atomic E-state index is 0.117. The molecule has 0 bridgehead atoms. The third-order valence-corrected chi connectivity index (χ3v) is 3.14. The Morgan fingerprint density at radius 1 is 1.65 bits per heavy atom. The number of fused-ring (bicyclic) bond motifs is 1. The molecule has 5 nitrogen and oxygen atoms in total. The zero-order valence-corrected chi connectivity index (χ0v) is 9.95. The van der Waals surface area contributed by atoms with Gasteiger partial charge in [-0.15, -0.1) is 0 Å². The summed E-state index contributed by atoms with van der Waals surface area (Å²) in [7, 11) is 0. The standard InChI is InChI=1S/C11H12ClNO4/c1-5-6(7(13)3-9(14)15)2-8-11(10(5)12)17-4-16-8/h2,7H,3-4,13H2,1H3,(H,14,15). The van der Waals surface area contributed by atoms with Crippen LogP contribution in [0, 0.1) is 6.92 Å². The first-order valence-corrected chi connectivity index (χ1v) is 5.44. The number of benzene rings is 1. The van der Waals surface area contributed by atoms with E-state index in [1.165, 1.54) is 0 Å². The summed E-state index contributed by atoms with van der Waals surface area (Å²) in [5, 5.41) is 9.16. The van der Waals surface area contributed by atoms with E-state index in [4.69, 9.17) is 31.9 Å². The predicted molar refractivity (Wildman–Crippen MR) is 61.5 cm³/mol. The number of ether oxygens (including phenoxy) is 2. The third-order valence-electron chi connectivity index (χ3n) is 2.68. The number of carboxylic acids is 1. The molecule has 1 aromatic rings. The Balaban J connectivity index is 2.41. The molecule has 92 valence electrons. The van der Waals surface area contributed by atoms with Crippen LogP contribution in [0.1, 0.15) is 23.6 Å². The van der Waals surface area contributed by atoms with Gasteiger partial charge in [0.25, 0.3) is 0 Å². The van der Waals surface area contributed by atoms with Crippen molar-refractivity contribution in [3.05, 3.63) is 22.2 Å². The fourth-order valence-electron chi connectivity index (χ4n) is 1.80. The maximum atomic E-state index is 10.6. The Bertz CT molecular complexity index is 475. The van der Waals surface area contributed by atoms with Gasteiger partial charge in [-0.1, -0.05) is 11.6 Å². The molecular weight excluding hydrogens is 246 g/mol. The lowest BCUT2D eigenvalue weighted by atomic mass is 9.98. The number of halogens is 1. The van der Waals surface area contributed by atoms with E-state index < -0.39 is 12.0 Å². The van der Waals surface area contributed by atoms with Gasteiger partial charge in [0.15, 0.2) is 11.5 Å². The van der Waals surface area contributed by atoms with Crippen LogP contribution in [0.4, 0.5) is 0 Å². The molecule has 0 aliphatic carbocycles. The van der Waals surface area contributed by atoms with E-state index in [0.29, 0.717) is 22.1 Å². The van der Waals surface area contributed by atoms with Crippen LogP contribution in [-0.4, -0.2) is 17.9 Å². The molecule has 6 heteroatoms. The molecule has 0 radical (unpaired) electrons. The van der Waals surface area contributed by atoms with E-state index >= 15 is 0 Å². The number of carboxylic acid groups (broad SMARTS) is 1. The van der Waals surface area contributed by atoms with Crippen LogP contribution in [0.15, 0.2) is 6.07 Å². The molecule has 0 amide bonds.